The van der Waals surface area contributed by atoms with Gasteiger partial charge in [-0.2, -0.15) is 5.26 Å². The Morgan fingerprint density at radius 3 is 2.73 bits per heavy atom. The van der Waals surface area contributed by atoms with E-state index in [1.54, 1.807) is 6.08 Å². The average Bonchev–Trinajstić information content (AvgIpc) is 2.07. The first-order valence-electron chi connectivity index (χ1n) is 3.73. The summed E-state index contributed by atoms with van der Waals surface area (Å²) in [6.07, 6.45) is 1.57. The molecule has 3 heteroatoms. The van der Waals surface area contributed by atoms with Crippen LogP contribution in [-0.2, 0) is 4.74 Å². The maximum Gasteiger partial charge on any atom is 0.0930 e. The maximum absolute atomic E-state index is 8.38. The van der Waals surface area contributed by atoms with Gasteiger partial charge in [-0.25, -0.2) is 0 Å². The highest BCUT2D eigenvalue weighted by Crippen LogP contribution is 2.05. The predicted molar refractivity (Wildman–Crippen MR) is 41.8 cm³/mol. The molecule has 0 aromatic carbocycles. The Morgan fingerprint density at radius 1 is 1.55 bits per heavy atom. The van der Waals surface area contributed by atoms with Crippen molar-refractivity contribution in [1.82, 2.24) is 4.90 Å². The Balaban J connectivity index is 2.46. The summed E-state index contributed by atoms with van der Waals surface area (Å²) in [6.45, 7) is 5.32. The van der Waals surface area contributed by atoms with Crippen LogP contribution in [0.5, 0.6) is 0 Å². The fraction of sp³-hybridized carbons (Fsp3) is 0.625. The first-order valence-corrected chi connectivity index (χ1v) is 3.73. The molecule has 0 amide bonds. The van der Waals surface area contributed by atoms with Gasteiger partial charge in [0.2, 0.25) is 0 Å². The summed E-state index contributed by atoms with van der Waals surface area (Å²) in [5, 5.41) is 8.38. The van der Waals surface area contributed by atoms with E-state index in [2.05, 4.69) is 4.90 Å². The van der Waals surface area contributed by atoms with Gasteiger partial charge in [0.15, 0.2) is 0 Å². The van der Waals surface area contributed by atoms with Crippen LogP contribution in [0.15, 0.2) is 11.8 Å². The van der Waals surface area contributed by atoms with E-state index in [1.807, 2.05) is 13.0 Å². The van der Waals surface area contributed by atoms with Gasteiger partial charge in [0.05, 0.1) is 19.3 Å². The number of rotatable bonds is 1. The highest BCUT2D eigenvalue weighted by atomic mass is 16.5. The molecule has 1 saturated heterocycles. The second kappa shape index (κ2) is 3.99. The van der Waals surface area contributed by atoms with E-state index in [0.717, 1.165) is 32.0 Å². The largest absolute Gasteiger partial charge is 0.378 e. The normalized spacial score (nSPS) is 19.6. The quantitative estimate of drug-likeness (QED) is 0.520. The molecule has 0 radical (unpaired) electrons. The van der Waals surface area contributed by atoms with Gasteiger partial charge in [0, 0.05) is 24.9 Å². The zero-order valence-electron chi connectivity index (χ0n) is 6.71. The molecule has 1 fully saturated rings. The minimum Gasteiger partial charge on any atom is -0.378 e. The van der Waals surface area contributed by atoms with Gasteiger partial charge in [0.25, 0.3) is 0 Å². The van der Waals surface area contributed by atoms with Crippen molar-refractivity contribution in [3.05, 3.63) is 11.8 Å². The Hall–Kier alpha value is -1.01. The van der Waals surface area contributed by atoms with Gasteiger partial charge in [-0.15, -0.1) is 0 Å². The number of ether oxygens (including phenoxy) is 1. The van der Waals surface area contributed by atoms with E-state index >= 15 is 0 Å². The van der Waals surface area contributed by atoms with Crippen LogP contribution in [0.3, 0.4) is 0 Å². The van der Waals surface area contributed by atoms with Gasteiger partial charge in [-0.05, 0) is 6.92 Å². The second-order valence-corrected chi connectivity index (χ2v) is 2.51. The number of nitriles is 1. The van der Waals surface area contributed by atoms with E-state index in [0.29, 0.717) is 0 Å². The number of hydrogen-bond donors (Lipinski definition) is 0. The van der Waals surface area contributed by atoms with Crippen LogP contribution in [0, 0.1) is 11.3 Å². The fourth-order valence-corrected chi connectivity index (χ4v) is 1.10. The lowest BCUT2D eigenvalue weighted by Crippen LogP contribution is -2.34. The summed E-state index contributed by atoms with van der Waals surface area (Å²) in [7, 11) is 0. The van der Waals surface area contributed by atoms with Crippen LogP contribution >= 0.6 is 0 Å². The molecule has 0 saturated carbocycles. The zero-order chi connectivity index (χ0) is 8.10. The smallest absolute Gasteiger partial charge is 0.0930 e. The van der Waals surface area contributed by atoms with E-state index < -0.39 is 0 Å². The lowest BCUT2D eigenvalue weighted by Gasteiger charge is -2.28. The number of nitrogens with zero attached hydrogens (tertiary/aromatic N) is 2. The molecule has 0 spiro atoms. The molecule has 0 aromatic heterocycles. The molecule has 0 aliphatic carbocycles. The first-order chi connectivity index (χ1) is 5.34. The summed E-state index contributed by atoms with van der Waals surface area (Å²) >= 11 is 0. The maximum atomic E-state index is 8.38. The molecule has 3 nitrogen and oxygen atoms in total. The zero-order valence-corrected chi connectivity index (χ0v) is 6.71. The monoisotopic (exact) mass is 152 g/mol. The Bertz CT molecular complexity index is 187. The van der Waals surface area contributed by atoms with Crippen LogP contribution in [0.4, 0.5) is 0 Å². The van der Waals surface area contributed by atoms with Crippen molar-refractivity contribution in [3.8, 4) is 6.07 Å². The minimum atomic E-state index is 0.774. The van der Waals surface area contributed by atoms with Crippen LogP contribution in [0.2, 0.25) is 0 Å². The van der Waals surface area contributed by atoms with Crippen molar-refractivity contribution < 1.29 is 4.74 Å². The van der Waals surface area contributed by atoms with Crippen LogP contribution in [-0.4, -0.2) is 31.2 Å². The molecule has 1 aliphatic rings. The third kappa shape index (κ3) is 2.24. The van der Waals surface area contributed by atoms with E-state index in [9.17, 15) is 0 Å². The third-order valence-electron chi connectivity index (χ3n) is 1.78. The van der Waals surface area contributed by atoms with Crippen molar-refractivity contribution in [2.45, 2.75) is 6.92 Å². The van der Waals surface area contributed by atoms with Crippen molar-refractivity contribution in [2.75, 3.05) is 26.3 Å². The van der Waals surface area contributed by atoms with Gasteiger partial charge in [-0.1, -0.05) is 0 Å². The second-order valence-electron chi connectivity index (χ2n) is 2.51. The molecule has 0 atom stereocenters. The summed E-state index contributed by atoms with van der Waals surface area (Å²) in [6, 6.07) is 2.02. The van der Waals surface area contributed by atoms with Gasteiger partial charge >= 0.3 is 0 Å². The van der Waals surface area contributed by atoms with Crippen LogP contribution in [0.1, 0.15) is 6.92 Å². The standard InChI is InChI=1S/C8H12N2O/c1-8(2-3-9)10-4-6-11-7-5-10/h2H,4-7H2,1H3/b8-2+. The molecule has 1 rings (SSSR count). The Labute approximate surface area is 66.9 Å². The summed E-state index contributed by atoms with van der Waals surface area (Å²) < 4.78 is 5.18. The molecular weight excluding hydrogens is 140 g/mol. The minimum absolute atomic E-state index is 0.774. The summed E-state index contributed by atoms with van der Waals surface area (Å²) in [5.74, 6) is 0. The van der Waals surface area contributed by atoms with E-state index in [-0.39, 0.29) is 0 Å². The van der Waals surface area contributed by atoms with Gasteiger partial charge < -0.3 is 9.64 Å². The van der Waals surface area contributed by atoms with E-state index in [4.69, 9.17) is 10.00 Å². The van der Waals surface area contributed by atoms with Crippen LogP contribution in [0.25, 0.3) is 0 Å². The van der Waals surface area contributed by atoms with Gasteiger partial charge in [-0.3, -0.25) is 0 Å². The summed E-state index contributed by atoms with van der Waals surface area (Å²) in [5.41, 5.74) is 1.04. The average molecular weight is 152 g/mol. The number of hydrogen-bond acceptors (Lipinski definition) is 3. The Morgan fingerprint density at radius 2 is 2.18 bits per heavy atom. The summed E-state index contributed by atoms with van der Waals surface area (Å²) in [4.78, 5) is 2.16. The molecule has 60 valence electrons. The highest BCUT2D eigenvalue weighted by Gasteiger charge is 2.09. The molecular formula is C8H12N2O. The molecule has 11 heavy (non-hydrogen) atoms. The SMILES string of the molecule is C/C(=C\C#N)N1CCOCC1. The number of allylic oxidation sites excluding steroid dienone is 2. The van der Waals surface area contributed by atoms with E-state index in [1.165, 1.54) is 0 Å². The molecule has 1 heterocycles. The number of morpholine rings is 1. The molecule has 0 aromatic rings. The lowest BCUT2D eigenvalue weighted by atomic mass is 10.3. The van der Waals surface area contributed by atoms with Crippen molar-refractivity contribution in [1.29, 1.82) is 5.26 Å². The Kier molecular flexibility index (Phi) is 2.94. The lowest BCUT2D eigenvalue weighted by molar-refractivity contribution is 0.0538. The third-order valence-corrected chi connectivity index (χ3v) is 1.78. The van der Waals surface area contributed by atoms with Crippen LogP contribution < -0.4 is 0 Å². The highest BCUT2D eigenvalue weighted by molar-refractivity contribution is 5.10. The van der Waals surface area contributed by atoms with Crippen molar-refractivity contribution in [2.24, 2.45) is 0 Å². The topological polar surface area (TPSA) is 36.3 Å². The molecule has 0 N–H and O–H groups in total. The first kappa shape index (κ1) is 8.09. The van der Waals surface area contributed by atoms with Crippen molar-refractivity contribution >= 4 is 0 Å². The molecule has 0 bridgehead atoms. The predicted octanol–water partition coefficient (Wildman–Crippen LogP) is 0.746. The van der Waals surface area contributed by atoms with Crippen molar-refractivity contribution in [3.63, 3.8) is 0 Å². The van der Waals surface area contributed by atoms with Gasteiger partial charge in [0.1, 0.15) is 0 Å². The molecule has 1 aliphatic heterocycles. The molecule has 0 unspecified atom stereocenters. The fourth-order valence-electron chi connectivity index (χ4n) is 1.10.